The van der Waals surface area contributed by atoms with Gasteiger partial charge in [0.25, 0.3) is 0 Å². The van der Waals surface area contributed by atoms with Crippen molar-refractivity contribution in [1.82, 2.24) is 0 Å². The fourth-order valence-electron chi connectivity index (χ4n) is 6.41. The molecule has 0 amide bonds. The molecule has 3 fully saturated rings. The number of ether oxygens (including phenoxy) is 1. The largest absolute Gasteiger partial charge is 0.393 e. The number of carbonyl (C=O) groups excluding carboxylic acids is 1. The summed E-state index contributed by atoms with van der Waals surface area (Å²) in [6.45, 7) is 8.72. The maximum Gasteiger partial charge on any atom is 0.139 e. The van der Waals surface area contributed by atoms with E-state index >= 15 is 0 Å². The van der Waals surface area contributed by atoms with Gasteiger partial charge in [-0.1, -0.05) is 27.7 Å². The van der Waals surface area contributed by atoms with Crippen LogP contribution in [0.3, 0.4) is 0 Å². The van der Waals surface area contributed by atoms with Crippen molar-refractivity contribution in [3.63, 3.8) is 0 Å². The highest BCUT2D eigenvalue weighted by atomic mass is 16.5. The van der Waals surface area contributed by atoms with E-state index in [0.29, 0.717) is 24.0 Å². The molecule has 8 atom stereocenters. The van der Waals surface area contributed by atoms with E-state index in [1.807, 2.05) is 6.92 Å². The van der Waals surface area contributed by atoms with Gasteiger partial charge in [0.05, 0.1) is 12.2 Å². The summed E-state index contributed by atoms with van der Waals surface area (Å²) in [5, 5.41) is 11.1. The second-order valence-electron chi connectivity index (χ2n) is 8.61. The maximum absolute atomic E-state index is 12.9. The number of rotatable bonds is 1. The summed E-state index contributed by atoms with van der Waals surface area (Å²) in [5.41, 5.74) is -0.104. The highest BCUT2D eigenvalue weighted by Crippen LogP contribution is 2.67. The normalized spacial score (nSPS) is 55.5. The van der Waals surface area contributed by atoms with E-state index < -0.39 is 6.10 Å². The minimum atomic E-state index is -0.408. The first-order valence-corrected chi connectivity index (χ1v) is 9.03. The molecule has 0 radical (unpaired) electrons. The number of aliphatic hydroxyl groups is 1. The highest BCUT2D eigenvalue weighted by Gasteiger charge is 2.66. The molecular formula is C19H32O3. The number of carbonyl (C=O) groups is 1. The Morgan fingerprint density at radius 2 is 1.82 bits per heavy atom. The Hall–Kier alpha value is -0.410. The molecule has 0 spiro atoms. The van der Waals surface area contributed by atoms with Gasteiger partial charge in [-0.05, 0) is 49.4 Å². The molecule has 3 nitrogen and oxygen atoms in total. The van der Waals surface area contributed by atoms with Crippen LogP contribution in [0.25, 0.3) is 0 Å². The van der Waals surface area contributed by atoms with Crippen molar-refractivity contribution in [2.24, 2.45) is 34.5 Å². The van der Waals surface area contributed by atoms with Crippen molar-refractivity contribution in [3.05, 3.63) is 0 Å². The minimum Gasteiger partial charge on any atom is -0.393 e. The summed E-state index contributed by atoms with van der Waals surface area (Å²) in [4.78, 5) is 12.9. The van der Waals surface area contributed by atoms with E-state index in [2.05, 4.69) is 20.8 Å². The number of hydrogen-bond acceptors (Lipinski definition) is 3. The second kappa shape index (κ2) is 5.31. The molecule has 2 bridgehead atoms. The van der Waals surface area contributed by atoms with Crippen LogP contribution in [0.1, 0.15) is 59.8 Å². The summed E-state index contributed by atoms with van der Waals surface area (Å²) in [5.74, 6) is 1.19. The van der Waals surface area contributed by atoms with Gasteiger partial charge in [-0.2, -0.15) is 0 Å². The van der Waals surface area contributed by atoms with Crippen molar-refractivity contribution in [3.8, 4) is 0 Å². The van der Waals surface area contributed by atoms with E-state index in [1.54, 1.807) is 7.11 Å². The number of aliphatic hydroxyl groups excluding tert-OH is 1. The van der Waals surface area contributed by atoms with Crippen LogP contribution < -0.4 is 0 Å². The van der Waals surface area contributed by atoms with Crippen LogP contribution in [-0.4, -0.2) is 30.2 Å². The fourth-order valence-corrected chi connectivity index (χ4v) is 6.41. The van der Waals surface area contributed by atoms with Gasteiger partial charge in [-0.25, -0.2) is 0 Å². The van der Waals surface area contributed by atoms with Crippen molar-refractivity contribution >= 4 is 5.78 Å². The summed E-state index contributed by atoms with van der Waals surface area (Å²) < 4.78 is 5.86. The Morgan fingerprint density at radius 1 is 1.18 bits per heavy atom. The predicted molar refractivity (Wildman–Crippen MR) is 86.4 cm³/mol. The van der Waals surface area contributed by atoms with Gasteiger partial charge in [-0.15, -0.1) is 0 Å². The summed E-state index contributed by atoms with van der Waals surface area (Å²) >= 11 is 0. The maximum atomic E-state index is 12.9. The molecule has 22 heavy (non-hydrogen) atoms. The molecule has 1 N–H and O–H groups in total. The Labute approximate surface area is 134 Å². The third-order valence-corrected chi connectivity index (χ3v) is 8.03. The third kappa shape index (κ3) is 1.91. The first-order chi connectivity index (χ1) is 10.3. The highest BCUT2D eigenvalue weighted by molar-refractivity contribution is 5.84. The lowest BCUT2D eigenvalue weighted by atomic mass is 9.45. The Morgan fingerprint density at radius 3 is 2.45 bits per heavy atom. The van der Waals surface area contributed by atoms with Gasteiger partial charge >= 0.3 is 0 Å². The second-order valence-corrected chi connectivity index (χ2v) is 8.61. The van der Waals surface area contributed by atoms with Crippen LogP contribution in [0, 0.1) is 34.5 Å². The summed E-state index contributed by atoms with van der Waals surface area (Å²) in [6.07, 6.45) is 4.72. The minimum absolute atomic E-state index is 0.0333. The van der Waals surface area contributed by atoms with Gasteiger partial charge in [0, 0.05) is 24.4 Å². The van der Waals surface area contributed by atoms with Gasteiger partial charge in [-0.3, -0.25) is 4.79 Å². The molecule has 3 aliphatic rings. The van der Waals surface area contributed by atoms with E-state index in [-0.39, 0.29) is 28.8 Å². The van der Waals surface area contributed by atoms with Gasteiger partial charge in [0.2, 0.25) is 0 Å². The quantitative estimate of drug-likeness (QED) is 0.807. The average Bonchev–Trinajstić information content (AvgIpc) is 2.89. The van der Waals surface area contributed by atoms with Crippen molar-refractivity contribution in [2.75, 3.05) is 7.11 Å². The smallest absolute Gasteiger partial charge is 0.139 e. The van der Waals surface area contributed by atoms with Crippen LogP contribution >= 0.6 is 0 Å². The number of methoxy groups -OCH3 is 1. The Kier molecular flexibility index (Phi) is 3.97. The SMILES string of the molecule is CO[C@@H]1CCC23CC[C@@H](C)[C@](C)(C12)[C@H](O)C[C@H](C)C(=O)[C@@H]3C. The first kappa shape index (κ1) is 16.4. The molecule has 0 saturated heterocycles. The fraction of sp³-hybridized carbons (Fsp3) is 0.947. The zero-order valence-electron chi connectivity index (χ0n) is 14.8. The van der Waals surface area contributed by atoms with E-state index in [1.165, 1.54) is 0 Å². The van der Waals surface area contributed by atoms with Crippen LogP contribution in [0.5, 0.6) is 0 Å². The lowest BCUT2D eigenvalue weighted by Crippen LogP contribution is -2.60. The van der Waals surface area contributed by atoms with Gasteiger partial charge in [0.1, 0.15) is 5.78 Å². The molecule has 3 rings (SSSR count). The van der Waals surface area contributed by atoms with Gasteiger partial charge in [0.15, 0.2) is 0 Å². The average molecular weight is 308 g/mol. The molecule has 3 saturated carbocycles. The van der Waals surface area contributed by atoms with Crippen LogP contribution in [0.2, 0.25) is 0 Å². The lowest BCUT2D eigenvalue weighted by Gasteiger charge is -2.60. The molecule has 0 aromatic carbocycles. The molecule has 3 aliphatic carbocycles. The Bertz CT molecular complexity index is 462. The Balaban J connectivity index is 2.16. The monoisotopic (exact) mass is 308 g/mol. The third-order valence-electron chi connectivity index (χ3n) is 8.03. The van der Waals surface area contributed by atoms with E-state index in [9.17, 15) is 9.90 Å². The zero-order chi connectivity index (χ0) is 16.3. The topological polar surface area (TPSA) is 46.5 Å². The molecule has 3 heteroatoms. The zero-order valence-corrected chi connectivity index (χ0v) is 14.8. The van der Waals surface area contributed by atoms with Crippen molar-refractivity contribution < 1.29 is 14.6 Å². The number of Topliss-reactive ketones (excluding diaryl/α,β-unsaturated/α-hetero) is 1. The number of ketones is 1. The van der Waals surface area contributed by atoms with Crippen molar-refractivity contribution in [2.45, 2.75) is 72.0 Å². The summed E-state index contributed by atoms with van der Waals surface area (Å²) in [7, 11) is 1.80. The van der Waals surface area contributed by atoms with Crippen LogP contribution in [-0.2, 0) is 9.53 Å². The molecule has 2 unspecified atom stereocenters. The van der Waals surface area contributed by atoms with Gasteiger partial charge < -0.3 is 9.84 Å². The molecule has 0 aromatic heterocycles. The molecule has 0 aliphatic heterocycles. The number of hydrogen-bond donors (Lipinski definition) is 1. The molecule has 0 aromatic rings. The predicted octanol–water partition coefficient (Wildman–Crippen LogP) is 3.44. The first-order valence-electron chi connectivity index (χ1n) is 9.03. The summed E-state index contributed by atoms with van der Waals surface area (Å²) in [6, 6.07) is 0. The molecule has 126 valence electrons. The van der Waals surface area contributed by atoms with E-state index in [4.69, 9.17) is 4.74 Å². The molecule has 0 heterocycles. The molecular weight excluding hydrogens is 276 g/mol. The van der Waals surface area contributed by atoms with Crippen LogP contribution in [0.15, 0.2) is 0 Å². The van der Waals surface area contributed by atoms with Crippen molar-refractivity contribution in [1.29, 1.82) is 0 Å². The standard InChI is InChI=1S/C19H32O3/c1-11-10-15(20)18(4)12(2)6-8-19(13(3)16(11)21)9-7-14(22-5)17(18)19/h11-15,17,20H,6-10H2,1-5H3/t11-,12+,13-,14+,15+,17?,18-,19?/m0/s1. The lowest BCUT2D eigenvalue weighted by molar-refractivity contribution is -0.184. The van der Waals surface area contributed by atoms with Crippen LogP contribution in [0.4, 0.5) is 0 Å². The van der Waals surface area contributed by atoms with E-state index in [0.717, 1.165) is 25.7 Å².